The predicted molar refractivity (Wildman–Crippen MR) is 90.4 cm³/mol. The molecule has 2 aromatic carbocycles. The lowest BCUT2D eigenvalue weighted by Gasteiger charge is -2.21. The van der Waals surface area contributed by atoms with Gasteiger partial charge in [0.1, 0.15) is 5.75 Å². The van der Waals surface area contributed by atoms with Gasteiger partial charge >= 0.3 is 0 Å². The van der Waals surface area contributed by atoms with Crippen LogP contribution in [0.2, 0.25) is 5.02 Å². The molecular weight excluding hydrogens is 284 g/mol. The molecule has 0 aliphatic rings. The van der Waals surface area contributed by atoms with Crippen molar-refractivity contribution in [3.8, 4) is 5.75 Å². The molecule has 2 aromatic rings. The van der Waals surface area contributed by atoms with Gasteiger partial charge in [-0.3, -0.25) is 0 Å². The van der Waals surface area contributed by atoms with Crippen molar-refractivity contribution >= 4 is 23.0 Å². The van der Waals surface area contributed by atoms with Gasteiger partial charge in [-0.1, -0.05) is 11.6 Å². The summed E-state index contributed by atoms with van der Waals surface area (Å²) >= 11 is 5.94. The second-order valence-corrected chi connectivity index (χ2v) is 5.28. The van der Waals surface area contributed by atoms with E-state index in [0.29, 0.717) is 11.6 Å². The molecule has 0 bridgehead atoms. The molecule has 0 aliphatic carbocycles. The standard InChI is InChI=1S/C17H21ClN2O/c1-3-20(4-2)16-8-6-15(7-9-16)19-12-13-11-14(18)5-10-17(13)21/h5-11,19,21H,3-4,12H2,1-2H3. The highest BCUT2D eigenvalue weighted by molar-refractivity contribution is 6.30. The lowest BCUT2D eigenvalue weighted by molar-refractivity contribution is 0.469. The Morgan fingerprint density at radius 1 is 1.05 bits per heavy atom. The molecular formula is C17H21ClN2O. The molecule has 0 aromatic heterocycles. The van der Waals surface area contributed by atoms with E-state index < -0.39 is 0 Å². The van der Waals surface area contributed by atoms with E-state index in [1.165, 1.54) is 5.69 Å². The van der Waals surface area contributed by atoms with Gasteiger partial charge in [-0.15, -0.1) is 0 Å². The van der Waals surface area contributed by atoms with Crippen LogP contribution in [0.4, 0.5) is 11.4 Å². The van der Waals surface area contributed by atoms with Crippen molar-refractivity contribution in [1.82, 2.24) is 0 Å². The first kappa shape index (κ1) is 15.5. The van der Waals surface area contributed by atoms with E-state index in [2.05, 4.69) is 48.3 Å². The largest absolute Gasteiger partial charge is 0.508 e. The fraction of sp³-hybridized carbons (Fsp3) is 0.294. The molecule has 0 heterocycles. The molecule has 0 fully saturated rings. The average Bonchev–Trinajstić information content (AvgIpc) is 2.51. The smallest absolute Gasteiger partial charge is 0.120 e. The third kappa shape index (κ3) is 4.05. The Hall–Kier alpha value is -1.87. The Morgan fingerprint density at radius 2 is 1.71 bits per heavy atom. The first-order valence-corrected chi connectivity index (χ1v) is 7.58. The van der Waals surface area contributed by atoms with Crippen LogP contribution in [0.25, 0.3) is 0 Å². The summed E-state index contributed by atoms with van der Waals surface area (Å²) in [5, 5.41) is 13.7. The van der Waals surface area contributed by atoms with Crippen LogP contribution in [0.15, 0.2) is 42.5 Å². The van der Waals surface area contributed by atoms with E-state index in [1.807, 2.05) is 0 Å². The zero-order valence-corrected chi connectivity index (χ0v) is 13.2. The first-order chi connectivity index (χ1) is 10.1. The molecule has 0 saturated carbocycles. The third-order valence-corrected chi connectivity index (χ3v) is 3.76. The minimum absolute atomic E-state index is 0.256. The number of halogens is 1. The minimum atomic E-state index is 0.256. The quantitative estimate of drug-likeness (QED) is 0.824. The number of hydrogen-bond acceptors (Lipinski definition) is 3. The minimum Gasteiger partial charge on any atom is -0.508 e. The average molecular weight is 305 g/mol. The highest BCUT2D eigenvalue weighted by Crippen LogP contribution is 2.23. The van der Waals surface area contributed by atoms with Crippen molar-refractivity contribution in [3.05, 3.63) is 53.1 Å². The Kier molecular flexibility index (Phi) is 5.34. The Bertz CT molecular complexity index is 580. The number of anilines is 2. The number of phenols is 1. The van der Waals surface area contributed by atoms with Gasteiger partial charge in [0, 0.05) is 41.6 Å². The predicted octanol–water partition coefficient (Wildman–Crippen LogP) is 4.50. The van der Waals surface area contributed by atoms with E-state index in [9.17, 15) is 5.11 Å². The fourth-order valence-electron chi connectivity index (χ4n) is 2.27. The Balaban J connectivity index is 2.02. The number of phenolic OH excluding ortho intramolecular Hbond substituents is 1. The zero-order chi connectivity index (χ0) is 15.2. The molecule has 3 nitrogen and oxygen atoms in total. The van der Waals surface area contributed by atoms with Crippen LogP contribution in [0, 0.1) is 0 Å². The number of nitrogens with one attached hydrogen (secondary N) is 1. The van der Waals surface area contributed by atoms with Crippen LogP contribution >= 0.6 is 11.6 Å². The molecule has 0 saturated heterocycles. The summed E-state index contributed by atoms with van der Waals surface area (Å²) in [5.41, 5.74) is 3.02. The van der Waals surface area contributed by atoms with Crippen molar-refractivity contribution in [2.24, 2.45) is 0 Å². The first-order valence-electron chi connectivity index (χ1n) is 7.20. The van der Waals surface area contributed by atoms with Crippen LogP contribution in [0.1, 0.15) is 19.4 Å². The lowest BCUT2D eigenvalue weighted by Crippen LogP contribution is -2.21. The van der Waals surface area contributed by atoms with Gasteiger partial charge in [0.15, 0.2) is 0 Å². The molecule has 21 heavy (non-hydrogen) atoms. The maximum Gasteiger partial charge on any atom is 0.120 e. The molecule has 0 amide bonds. The number of rotatable bonds is 6. The van der Waals surface area contributed by atoms with Crippen molar-refractivity contribution in [1.29, 1.82) is 0 Å². The third-order valence-electron chi connectivity index (χ3n) is 3.52. The van der Waals surface area contributed by atoms with Crippen molar-refractivity contribution < 1.29 is 5.11 Å². The van der Waals surface area contributed by atoms with Crippen LogP contribution in [0.3, 0.4) is 0 Å². The molecule has 2 rings (SSSR count). The monoisotopic (exact) mass is 304 g/mol. The molecule has 0 radical (unpaired) electrons. The van der Waals surface area contributed by atoms with Gasteiger partial charge in [0.25, 0.3) is 0 Å². The maximum absolute atomic E-state index is 9.79. The molecule has 0 spiro atoms. The highest BCUT2D eigenvalue weighted by atomic mass is 35.5. The number of hydrogen-bond donors (Lipinski definition) is 2. The van der Waals surface area contributed by atoms with Crippen LogP contribution < -0.4 is 10.2 Å². The van der Waals surface area contributed by atoms with Gasteiger partial charge in [0.05, 0.1) is 0 Å². The topological polar surface area (TPSA) is 35.5 Å². The molecule has 0 atom stereocenters. The van der Waals surface area contributed by atoms with Crippen molar-refractivity contribution in [2.45, 2.75) is 20.4 Å². The molecule has 0 unspecified atom stereocenters. The molecule has 112 valence electrons. The Morgan fingerprint density at radius 3 is 2.33 bits per heavy atom. The van der Waals surface area contributed by atoms with E-state index in [-0.39, 0.29) is 5.75 Å². The number of nitrogens with zero attached hydrogens (tertiary/aromatic N) is 1. The fourth-order valence-corrected chi connectivity index (χ4v) is 2.47. The number of benzene rings is 2. The van der Waals surface area contributed by atoms with Gasteiger partial charge < -0.3 is 15.3 Å². The summed E-state index contributed by atoms with van der Waals surface area (Å²) in [6.45, 7) is 6.84. The van der Waals surface area contributed by atoms with E-state index in [1.54, 1.807) is 18.2 Å². The summed E-state index contributed by atoms with van der Waals surface area (Å²) < 4.78 is 0. The molecule has 4 heteroatoms. The zero-order valence-electron chi connectivity index (χ0n) is 12.4. The number of aromatic hydroxyl groups is 1. The van der Waals surface area contributed by atoms with E-state index >= 15 is 0 Å². The van der Waals surface area contributed by atoms with Crippen molar-refractivity contribution in [3.63, 3.8) is 0 Å². The van der Waals surface area contributed by atoms with Crippen LogP contribution in [-0.2, 0) is 6.54 Å². The lowest BCUT2D eigenvalue weighted by atomic mass is 10.2. The van der Waals surface area contributed by atoms with Crippen molar-refractivity contribution in [2.75, 3.05) is 23.3 Å². The molecule has 0 aliphatic heterocycles. The van der Waals surface area contributed by atoms with E-state index in [0.717, 1.165) is 24.3 Å². The summed E-state index contributed by atoms with van der Waals surface area (Å²) in [4.78, 5) is 2.30. The van der Waals surface area contributed by atoms with Crippen LogP contribution in [-0.4, -0.2) is 18.2 Å². The van der Waals surface area contributed by atoms with Crippen LogP contribution in [0.5, 0.6) is 5.75 Å². The van der Waals surface area contributed by atoms with Gasteiger partial charge in [0.2, 0.25) is 0 Å². The normalized spacial score (nSPS) is 10.4. The van der Waals surface area contributed by atoms with E-state index in [4.69, 9.17) is 11.6 Å². The summed E-state index contributed by atoms with van der Waals surface area (Å²) in [6.07, 6.45) is 0. The summed E-state index contributed by atoms with van der Waals surface area (Å²) in [6, 6.07) is 13.4. The van der Waals surface area contributed by atoms with Gasteiger partial charge in [-0.25, -0.2) is 0 Å². The second kappa shape index (κ2) is 7.23. The summed E-state index contributed by atoms with van der Waals surface area (Å²) in [7, 11) is 0. The van der Waals surface area contributed by atoms with Gasteiger partial charge in [-0.2, -0.15) is 0 Å². The second-order valence-electron chi connectivity index (χ2n) is 4.85. The SMILES string of the molecule is CCN(CC)c1ccc(NCc2cc(Cl)ccc2O)cc1. The summed E-state index contributed by atoms with van der Waals surface area (Å²) in [5.74, 6) is 0.256. The highest BCUT2D eigenvalue weighted by Gasteiger charge is 2.04. The van der Waals surface area contributed by atoms with Gasteiger partial charge in [-0.05, 0) is 56.3 Å². The maximum atomic E-state index is 9.79. The Labute approximate surface area is 131 Å². The molecule has 2 N–H and O–H groups in total.